The van der Waals surface area contributed by atoms with Crippen LogP contribution in [0.15, 0.2) is 18.2 Å². The second-order valence-electron chi connectivity index (χ2n) is 5.19. The highest BCUT2D eigenvalue weighted by molar-refractivity contribution is 6.35. The Labute approximate surface area is 113 Å². The molecule has 2 rings (SSSR count). The van der Waals surface area contributed by atoms with Crippen LogP contribution in [0.2, 0.25) is 10.0 Å². The van der Waals surface area contributed by atoms with Crippen molar-refractivity contribution in [3.63, 3.8) is 0 Å². The lowest BCUT2D eigenvalue weighted by Crippen LogP contribution is -2.20. The summed E-state index contributed by atoms with van der Waals surface area (Å²) in [6.45, 7) is 2.25. The van der Waals surface area contributed by atoms with Crippen molar-refractivity contribution in [2.75, 3.05) is 0 Å². The van der Waals surface area contributed by atoms with Gasteiger partial charge in [-0.3, -0.25) is 0 Å². The molecule has 0 saturated heterocycles. The van der Waals surface area contributed by atoms with Crippen LogP contribution < -0.4 is 0 Å². The van der Waals surface area contributed by atoms with Gasteiger partial charge in [-0.1, -0.05) is 42.6 Å². The molecule has 0 heterocycles. The minimum atomic E-state index is -0.279. The highest BCUT2D eigenvalue weighted by atomic mass is 35.5. The second kappa shape index (κ2) is 5.60. The molecule has 3 atom stereocenters. The van der Waals surface area contributed by atoms with Gasteiger partial charge in [0.05, 0.1) is 6.10 Å². The summed E-state index contributed by atoms with van der Waals surface area (Å²) in [5.41, 5.74) is 0.989. The van der Waals surface area contributed by atoms with Gasteiger partial charge in [-0.15, -0.1) is 0 Å². The summed E-state index contributed by atoms with van der Waals surface area (Å²) < 4.78 is 0. The van der Waals surface area contributed by atoms with E-state index in [1.54, 1.807) is 6.07 Å². The molecule has 3 heteroatoms. The molecule has 1 aromatic carbocycles. The lowest BCUT2D eigenvalue weighted by Gasteiger charge is -2.18. The van der Waals surface area contributed by atoms with Crippen LogP contribution in [-0.4, -0.2) is 11.2 Å². The summed E-state index contributed by atoms with van der Waals surface area (Å²) >= 11 is 12.0. The summed E-state index contributed by atoms with van der Waals surface area (Å²) in [5.74, 6) is 1.17. The summed E-state index contributed by atoms with van der Waals surface area (Å²) in [7, 11) is 0. The van der Waals surface area contributed by atoms with E-state index in [0.29, 0.717) is 22.4 Å². The molecule has 1 aliphatic carbocycles. The predicted octanol–water partition coefficient (Wildman–Crippen LogP) is 4.33. The molecule has 1 fully saturated rings. The predicted molar refractivity (Wildman–Crippen MR) is 72.7 cm³/mol. The average molecular weight is 273 g/mol. The second-order valence-corrected chi connectivity index (χ2v) is 6.03. The van der Waals surface area contributed by atoms with Crippen molar-refractivity contribution in [3.8, 4) is 0 Å². The van der Waals surface area contributed by atoms with E-state index in [2.05, 4.69) is 6.92 Å². The van der Waals surface area contributed by atoms with Gasteiger partial charge in [0.25, 0.3) is 0 Å². The third-order valence-electron chi connectivity index (χ3n) is 3.72. The molecule has 17 heavy (non-hydrogen) atoms. The molecule has 1 aliphatic rings. The van der Waals surface area contributed by atoms with Crippen LogP contribution in [0.4, 0.5) is 0 Å². The molecule has 0 amide bonds. The summed E-state index contributed by atoms with van der Waals surface area (Å²) in [5, 5.41) is 11.5. The molecule has 94 valence electrons. The largest absolute Gasteiger partial charge is 0.392 e. The number of hydrogen-bond acceptors (Lipinski definition) is 1. The van der Waals surface area contributed by atoms with E-state index in [1.807, 2.05) is 12.1 Å². The molecule has 3 unspecified atom stereocenters. The minimum absolute atomic E-state index is 0.279. The maximum Gasteiger partial charge on any atom is 0.0609 e. The number of benzene rings is 1. The molecule has 0 radical (unpaired) electrons. The van der Waals surface area contributed by atoms with Crippen molar-refractivity contribution in [1.82, 2.24) is 0 Å². The van der Waals surface area contributed by atoms with E-state index in [4.69, 9.17) is 23.2 Å². The number of aliphatic hydroxyl groups is 1. The van der Waals surface area contributed by atoms with Crippen LogP contribution in [0, 0.1) is 11.8 Å². The Balaban J connectivity index is 2.00. The van der Waals surface area contributed by atoms with Gasteiger partial charge in [0, 0.05) is 16.5 Å². The highest BCUT2D eigenvalue weighted by Gasteiger charge is 2.27. The van der Waals surface area contributed by atoms with Gasteiger partial charge in [-0.05, 0) is 42.4 Å². The third kappa shape index (κ3) is 3.37. The van der Waals surface area contributed by atoms with Crippen molar-refractivity contribution in [3.05, 3.63) is 33.8 Å². The fourth-order valence-electron chi connectivity index (χ4n) is 2.68. The van der Waals surface area contributed by atoms with Crippen LogP contribution in [0.3, 0.4) is 0 Å². The molecule has 0 spiro atoms. The number of aliphatic hydroxyl groups excluding tert-OH is 1. The smallest absolute Gasteiger partial charge is 0.0609 e. The van der Waals surface area contributed by atoms with Crippen LogP contribution in [0.25, 0.3) is 0 Å². The lowest BCUT2D eigenvalue weighted by atomic mass is 9.94. The fraction of sp³-hybridized carbons (Fsp3) is 0.571. The van der Waals surface area contributed by atoms with Gasteiger partial charge in [0.2, 0.25) is 0 Å². The van der Waals surface area contributed by atoms with Crippen LogP contribution >= 0.6 is 23.2 Å². The number of rotatable bonds is 3. The monoisotopic (exact) mass is 272 g/mol. The summed E-state index contributed by atoms with van der Waals surface area (Å²) in [6.07, 6.45) is 3.85. The Kier molecular flexibility index (Phi) is 4.35. The zero-order valence-electron chi connectivity index (χ0n) is 10.00. The van der Waals surface area contributed by atoms with Crippen molar-refractivity contribution in [1.29, 1.82) is 0 Å². The Bertz CT molecular complexity index is 392. The van der Waals surface area contributed by atoms with E-state index in [0.717, 1.165) is 24.3 Å². The van der Waals surface area contributed by atoms with Crippen LogP contribution in [0.1, 0.15) is 31.7 Å². The van der Waals surface area contributed by atoms with Crippen molar-refractivity contribution >= 4 is 23.2 Å². The fourth-order valence-corrected chi connectivity index (χ4v) is 3.17. The first-order chi connectivity index (χ1) is 8.06. The number of hydrogen-bond donors (Lipinski definition) is 1. The maximum atomic E-state index is 10.2. The molecule has 1 nitrogen and oxygen atoms in total. The third-order valence-corrected chi connectivity index (χ3v) is 4.31. The summed E-state index contributed by atoms with van der Waals surface area (Å²) in [6, 6.07) is 5.47. The van der Waals surface area contributed by atoms with E-state index in [9.17, 15) is 5.11 Å². The highest BCUT2D eigenvalue weighted by Crippen LogP contribution is 2.34. The first kappa shape index (κ1) is 13.2. The zero-order valence-corrected chi connectivity index (χ0v) is 11.5. The Hall–Kier alpha value is -0.240. The van der Waals surface area contributed by atoms with Gasteiger partial charge in [0.15, 0.2) is 0 Å². The molecular weight excluding hydrogens is 255 g/mol. The molecule has 1 N–H and O–H groups in total. The van der Waals surface area contributed by atoms with E-state index >= 15 is 0 Å². The molecule has 1 saturated carbocycles. The van der Waals surface area contributed by atoms with Gasteiger partial charge in [0.1, 0.15) is 0 Å². The SMILES string of the molecule is CC1CCC(C(O)Cc2ccc(Cl)cc2Cl)C1. The molecule has 1 aromatic rings. The first-order valence-electron chi connectivity index (χ1n) is 6.18. The van der Waals surface area contributed by atoms with Crippen molar-refractivity contribution in [2.24, 2.45) is 11.8 Å². The summed E-state index contributed by atoms with van der Waals surface area (Å²) in [4.78, 5) is 0. The Morgan fingerprint density at radius 1 is 1.35 bits per heavy atom. The van der Waals surface area contributed by atoms with Gasteiger partial charge in [-0.25, -0.2) is 0 Å². The quantitative estimate of drug-likeness (QED) is 0.868. The van der Waals surface area contributed by atoms with E-state index < -0.39 is 0 Å². The maximum absolute atomic E-state index is 10.2. The molecule has 0 aliphatic heterocycles. The average Bonchev–Trinajstić information content (AvgIpc) is 2.69. The lowest BCUT2D eigenvalue weighted by molar-refractivity contribution is 0.109. The van der Waals surface area contributed by atoms with Crippen LogP contribution in [-0.2, 0) is 6.42 Å². The standard InChI is InChI=1S/C14H18Cl2O/c1-9-2-3-11(6-9)14(17)7-10-4-5-12(15)8-13(10)16/h4-5,8-9,11,14,17H,2-3,6-7H2,1H3. The first-order valence-corrected chi connectivity index (χ1v) is 6.94. The topological polar surface area (TPSA) is 20.2 Å². The van der Waals surface area contributed by atoms with E-state index in [-0.39, 0.29) is 6.10 Å². The number of halogens is 2. The van der Waals surface area contributed by atoms with Crippen molar-refractivity contribution < 1.29 is 5.11 Å². The normalized spacial score (nSPS) is 26.1. The molecule has 0 bridgehead atoms. The Morgan fingerprint density at radius 3 is 2.71 bits per heavy atom. The van der Waals surface area contributed by atoms with E-state index in [1.165, 1.54) is 6.42 Å². The van der Waals surface area contributed by atoms with Gasteiger partial charge < -0.3 is 5.11 Å². The van der Waals surface area contributed by atoms with Gasteiger partial charge in [-0.2, -0.15) is 0 Å². The van der Waals surface area contributed by atoms with Crippen molar-refractivity contribution in [2.45, 2.75) is 38.7 Å². The molecular formula is C14H18Cl2O. The van der Waals surface area contributed by atoms with Crippen LogP contribution in [0.5, 0.6) is 0 Å². The Morgan fingerprint density at radius 2 is 2.12 bits per heavy atom. The minimum Gasteiger partial charge on any atom is -0.392 e. The molecule has 0 aromatic heterocycles. The zero-order chi connectivity index (χ0) is 12.4. The van der Waals surface area contributed by atoms with Gasteiger partial charge >= 0.3 is 0 Å².